The second-order valence-electron chi connectivity index (χ2n) is 8.29. The monoisotopic (exact) mass is 393 g/mol. The lowest BCUT2D eigenvalue weighted by Crippen LogP contribution is -2.33. The Balaban J connectivity index is 0.00000261. The molecule has 0 radical (unpaired) electrons. The van der Waals surface area contributed by atoms with Gasteiger partial charge in [0.15, 0.2) is 5.78 Å². The summed E-state index contributed by atoms with van der Waals surface area (Å²) in [6.45, 7) is 0.771. The molecule has 1 aromatic rings. The summed E-state index contributed by atoms with van der Waals surface area (Å²) in [5.41, 5.74) is 8.44. The van der Waals surface area contributed by atoms with Gasteiger partial charge in [0.05, 0.1) is 6.61 Å². The summed E-state index contributed by atoms with van der Waals surface area (Å²) >= 11 is 0. The third-order valence-corrected chi connectivity index (χ3v) is 6.27. The standard InChI is InChI=1S/C23H35NO2.ClH/c24-16-23(22(25)15-18-8-3-1-4-9-18)26-17-19-10-7-13-21(14-19)20-11-5-2-6-12-20;/h7,10,13-14,18,20,23H,1-6,8-9,11-12,15-17,24H2;1H/t23-;/m1./s1. The summed E-state index contributed by atoms with van der Waals surface area (Å²) in [4.78, 5) is 12.6. The van der Waals surface area contributed by atoms with Gasteiger partial charge in [0.25, 0.3) is 0 Å². The fraction of sp³-hybridized carbons (Fsp3) is 0.696. The molecule has 152 valence electrons. The van der Waals surface area contributed by atoms with E-state index >= 15 is 0 Å². The number of halogens is 1. The highest BCUT2D eigenvalue weighted by Crippen LogP contribution is 2.33. The van der Waals surface area contributed by atoms with Crippen LogP contribution in [-0.2, 0) is 16.1 Å². The van der Waals surface area contributed by atoms with Crippen molar-refractivity contribution in [3.63, 3.8) is 0 Å². The lowest BCUT2D eigenvalue weighted by Gasteiger charge is -2.24. The first-order chi connectivity index (χ1) is 12.8. The van der Waals surface area contributed by atoms with E-state index in [-0.39, 0.29) is 24.7 Å². The highest BCUT2D eigenvalue weighted by Gasteiger charge is 2.23. The van der Waals surface area contributed by atoms with E-state index in [1.165, 1.54) is 69.8 Å². The smallest absolute Gasteiger partial charge is 0.163 e. The van der Waals surface area contributed by atoms with Crippen molar-refractivity contribution in [3.05, 3.63) is 35.4 Å². The van der Waals surface area contributed by atoms with Crippen molar-refractivity contribution in [1.82, 2.24) is 0 Å². The molecule has 2 aliphatic carbocycles. The van der Waals surface area contributed by atoms with Crippen LogP contribution in [0.25, 0.3) is 0 Å². The number of nitrogens with two attached hydrogens (primary N) is 1. The van der Waals surface area contributed by atoms with Crippen LogP contribution < -0.4 is 5.73 Å². The lowest BCUT2D eigenvalue weighted by molar-refractivity contribution is -0.131. The van der Waals surface area contributed by atoms with Gasteiger partial charge in [0.2, 0.25) is 0 Å². The van der Waals surface area contributed by atoms with Crippen LogP contribution in [0.2, 0.25) is 0 Å². The van der Waals surface area contributed by atoms with Gasteiger partial charge in [-0.3, -0.25) is 4.79 Å². The van der Waals surface area contributed by atoms with E-state index in [0.29, 0.717) is 24.9 Å². The van der Waals surface area contributed by atoms with Crippen LogP contribution in [-0.4, -0.2) is 18.4 Å². The van der Waals surface area contributed by atoms with Crippen LogP contribution in [0, 0.1) is 5.92 Å². The summed E-state index contributed by atoms with van der Waals surface area (Å²) in [6, 6.07) is 8.75. The average Bonchev–Trinajstić information content (AvgIpc) is 2.70. The Hall–Kier alpha value is -0.900. The molecule has 27 heavy (non-hydrogen) atoms. The van der Waals surface area contributed by atoms with Crippen molar-refractivity contribution in [3.8, 4) is 0 Å². The fourth-order valence-electron chi connectivity index (χ4n) is 4.67. The molecule has 0 heterocycles. The maximum absolute atomic E-state index is 12.6. The number of rotatable bonds is 8. The molecule has 0 amide bonds. The highest BCUT2D eigenvalue weighted by atomic mass is 35.5. The number of Topliss-reactive ketones (excluding diaryl/α,β-unsaturated/α-hetero) is 1. The maximum Gasteiger partial charge on any atom is 0.163 e. The molecule has 0 unspecified atom stereocenters. The molecule has 2 N–H and O–H groups in total. The van der Waals surface area contributed by atoms with Gasteiger partial charge in [-0.05, 0) is 35.8 Å². The Bertz CT molecular complexity index is 565. The molecule has 2 saturated carbocycles. The van der Waals surface area contributed by atoms with E-state index in [9.17, 15) is 4.79 Å². The minimum Gasteiger partial charge on any atom is -0.364 e. The van der Waals surface area contributed by atoms with E-state index in [4.69, 9.17) is 10.5 Å². The van der Waals surface area contributed by atoms with Gasteiger partial charge in [0.1, 0.15) is 6.10 Å². The number of benzene rings is 1. The van der Waals surface area contributed by atoms with Gasteiger partial charge in [-0.15, -0.1) is 12.4 Å². The van der Waals surface area contributed by atoms with E-state index in [2.05, 4.69) is 24.3 Å². The Morgan fingerprint density at radius 1 is 1.04 bits per heavy atom. The van der Waals surface area contributed by atoms with Crippen molar-refractivity contribution in [2.75, 3.05) is 6.54 Å². The van der Waals surface area contributed by atoms with Gasteiger partial charge >= 0.3 is 0 Å². The molecule has 3 rings (SSSR count). The summed E-state index contributed by atoms with van der Waals surface area (Å²) in [7, 11) is 0. The van der Waals surface area contributed by atoms with Crippen molar-refractivity contribution < 1.29 is 9.53 Å². The molecule has 4 heteroatoms. The van der Waals surface area contributed by atoms with Crippen LogP contribution in [0.3, 0.4) is 0 Å². The van der Waals surface area contributed by atoms with Gasteiger partial charge in [-0.1, -0.05) is 75.6 Å². The lowest BCUT2D eigenvalue weighted by atomic mass is 9.84. The number of ketones is 1. The Labute approximate surface area is 170 Å². The topological polar surface area (TPSA) is 52.3 Å². The predicted octanol–water partition coefficient (Wildman–Crippen LogP) is 5.54. The normalized spacial score (nSPS) is 20.0. The van der Waals surface area contributed by atoms with Gasteiger partial charge in [0, 0.05) is 13.0 Å². The average molecular weight is 394 g/mol. The summed E-state index contributed by atoms with van der Waals surface area (Å²) in [5.74, 6) is 1.44. The number of ether oxygens (including phenoxy) is 1. The first-order valence-corrected chi connectivity index (χ1v) is 10.7. The van der Waals surface area contributed by atoms with Crippen molar-refractivity contribution in [2.45, 2.75) is 89.3 Å². The molecule has 0 aromatic heterocycles. The minimum atomic E-state index is -0.449. The molecular weight excluding hydrogens is 358 g/mol. The first kappa shape index (κ1) is 22.4. The number of carbonyl (C=O) groups excluding carboxylic acids is 1. The van der Waals surface area contributed by atoms with E-state index in [0.717, 1.165) is 5.56 Å². The van der Waals surface area contributed by atoms with Crippen LogP contribution in [0.5, 0.6) is 0 Å². The summed E-state index contributed by atoms with van der Waals surface area (Å²) < 4.78 is 5.95. The molecule has 3 nitrogen and oxygen atoms in total. The predicted molar refractivity (Wildman–Crippen MR) is 113 cm³/mol. The zero-order valence-corrected chi connectivity index (χ0v) is 17.4. The number of hydrogen-bond acceptors (Lipinski definition) is 3. The SMILES string of the molecule is Cl.NC[C@@H](OCc1cccc(C2CCCCC2)c1)C(=O)CC1CCCCC1. The minimum absolute atomic E-state index is 0. The number of hydrogen-bond donors (Lipinski definition) is 1. The zero-order chi connectivity index (χ0) is 18.2. The molecule has 0 bridgehead atoms. The Morgan fingerprint density at radius 2 is 1.70 bits per heavy atom. The third kappa shape index (κ3) is 6.89. The second kappa shape index (κ2) is 11.8. The maximum atomic E-state index is 12.6. The third-order valence-electron chi connectivity index (χ3n) is 6.27. The Morgan fingerprint density at radius 3 is 2.37 bits per heavy atom. The molecule has 2 aliphatic rings. The molecule has 1 aromatic carbocycles. The second-order valence-corrected chi connectivity index (χ2v) is 8.29. The van der Waals surface area contributed by atoms with Crippen LogP contribution in [0.1, 0.15) is 87.7 Å². The van der Waals surface area contributed by atoms with Crippen LogP contribution >= 0.6 is 12.4 Å². The molecule has 0 aliphatic heterocycles. The van der Waals surface area contributed by atoms with E-state index in [1.807, 2.05) is 0 Å². The van der Waals surface area contributed by atoms with Crippen molar-refractivity contribution in [2.24, 2.45) is 11.7 Å². The number of carbonyl (C=O) groups is 1. The Kier molecular flexibility index (Phi) is 9.81. The largest absolute Gasteiger partial charge is 0.364 e. The van der Waals surface area contributed by atoms with Gasteiger partial charge in [-0.25, -0.2) is 0 Å². The van der Waals surface area contributed by atoms with Crippen LogP contribution in [0.4, 0.5) is 0 Å². The quantitative estimate of drug-likeness (QED) is 0.630. The summed E-state index contributed by atoms with van der Waals surface area (Å²) in [6.07, 6.45) is 13.1. The molecule has 0 saturated heterocycles. The van der Waals surface area contributed by atoms with Crippen molar-refractivity contribution in [1.29, 1.82) is 0 Å². The molecule has 1 atom stereocenters. The zero-order valence-electron chi connectivity index (χ0n) is 16.5. The fourth-order valence-corrected chi connectivity index (χ4v) is 4.67. The van der Waals surface area contributed by atoms with E-state index in [1.54, 1.807) is 0 Å². The first-order valence-electron chi connectivity index (χ1n) is 10.7. The summed E-state index contributed by atoms with van der Waals surface area (Å²) in [5, 5.41) is 0. The molecular formula is C23H36ClNO2. The van der Waals surface area contributed by atoms with Crippen molar-refractivity contribution >= 4 is 18.2 Å². The van der Waals surface area contributed by atoms with Crippen LogP contribution in [0.15, 0.2) is 24.3 Å². The molecule has 2 fully saturated rings. The van der Waals surface area contributed by atoms with E-state index < -0.39 is 6.10 Å². The van der Waals surface area contributed by atoms with Gasteiger partial charge < -0.3 is 10.5 Å². The molecule has 0 spiro atoms. The van der Waals surface area contributed by atoms with Gasteiger partial charge in [-0.2, -0.15) is 0 Å². The highest BCUT2D eigenvalue weighted by molar-refractivity contribution is 5.85.